The predicted molar refractivity (Wildman–Crippen MR) is 101 cm³/mol. The SMILES string of the molecule is CCCCC[C@H](O)C=C[C@@H]1[C@@H]2[C@H](C[C@H]1O)OC(=CCCCC(=O)OC)[C@H]2F. The second-order valence-electron chi connectivity index (χ2n) is 7.54. The molecule has 6 heteroatoms. The van der Waals surface area contributed by atoms with Gasteiger partial charge in [0, 0.05) is 24.7 Å². The highest BCUT2D eigenvalue weighted by Gasteiger charge is 2.53. The average Bonchev–Trinajstić information content (AvgIpc) is 3.12. The van der Waals surface area contributed by atoms with E-state index in [1.165, 1.54) is 7.11 Å². The molecule has 0 aromatic carbocycles. The lowest BCUT2D eigenvalue weighted by Crippen LogP contribution is -2.25. The zero-order valence-electron chi connectivity index (χ0n) is 16.4. The third kappa shape index (κ3) is 6.04. The van der Waals surface area contributed by atoms with E-state index in [-0.39, 0.29) is 18.0 Å². The quantitative estimate of drug-likeness (QED) is 0.343. The van der Waals surface area contributed by atoms with E-state index in [4.69, 9.17) is 4.74 Å². The number of aliphatic hydroxyl groups is 2. The number of alkyl halides is 1. The monoisotopic (exact) mass is 384 g/mol. The van der Waals surface area contributed by atoms with E-state index in [0.717, 1.165) is 19.3 Å². The van der Waals surface area contributed by atoms with Gasteiger partial charge >= 0.3 is 5.97 Å². The number of hydrogen-bond acceptors (Lipinski definition) is 5. The Bertz CT molecular complexity index is 533. The standard InChI is InChI=1S/C21H33FO5/c1-3-4-5-8-14(23)11-12-15-16(24)13-18-20(15)21(22)17(27-18)9-6-7-10-19(25)26-2/h9,11-12,14-16,18,20-21,23-24H,3-8,10,13H2,1-2H3/t14-,15-,16+,18-,20+,21+/m0/s1. The molecular formula is C21H33FO5. The lowest BCUT2D eigenvalue weighted by atomic mass is 9.89. The summed E-state index contributed by atoms with van der Waals surface area (Å²) in [5.41, 5.74) is 0. The summed E-state index contributed by atoms with van der Waals surface area (Å²) < 4.78 is 25.2. The summed E-state index contributed by atoms with van der Waals surface area (Å²) in [6.07, 6.45) is 7.97. The number of ether oxygens (including phenoxy) is 2. The number of methoxy groups -OCH3 is 1. The molecule has 2 rings (SSSR count). The van der Waals surface area contributed by atoms with Crippen molar-refractivity contribution in [2.45, 2.75) is 82.8 Å². The Morgan fingerprint density at radius 1 is 1.41 bits per heavy atom. The van der Waals surface area contributed by atoms with Gasteiger partial charge in [0.2, 0.25) is 0 Å². The van der Waals surface area contributed by atoms with Crippen molar-refractivity contribution in [2.24, 2.45) is 11.8 Å². The molecule has 154 valence electrons. The molecule has 0 bridgehead atoms. The molecule has 5 nitrogen and oxygen atoms in total. The zero-order chi connectivity index (χ0) is 19.8. The topological polar surface area (TPSA) is 76.0 Å². The Morgan fingerprint density at radius 3 is 2.89 bits per heavy atom. The number of esters is 1. The van der Waals surface area contributed by atoms with Gasteiger partial charge in [0.1, 0.15) is 11.9 Å². The summed E-state index contributed by atoms with van der Waals surface area (Å²) in [7, 11) is 1.35. The van der Waals surface area contributed by atoms with Crippen molar-refractivity contribution in [2.75, 3.05) is 7.11 Å². The molecule has 1 saturated carbocycles. The third-order valence-corrected chi connectivity index (χ3v) is 5.51. The lowest BCUT2D eigenvalue weighted by molar-refractivity contribution is -0.140. The van der Waals surface area contributed by atoms with Crippen molar-refractivity contribution in [3.63, 3.8) is 0 Å². The third-order valence-electron chi connectivity index (χ3n) is 5.51. The van der Waals surface area contributed by atoms with E-state index in [1.54, 1.807) is 18.2 Å². The highest BCUT2D eigenvalue weighted by atomic mass is 19.1. The number of halogens is 1. The van der Waals surface area contributed by atoms with Gasteiger partial charge in [0.05, 0.1) is 19.3 Å². The van der Waals surface area contributed by atoms with Gasteiger partial charge in [0.25, 0.3) is 0 Å². The van der Waals surface area contributed by atoms with E-state index < -0.39 is 24.3 Å². The highest BCUT2D eigenvalue weighted by Crippen LogP contribution is 2.47. The van der Waals surface area contributed by atoms with E-state index in [0.29, 0.717) is 37.9 Å². The van der Waals surface area contributed by atoms with Crippen LogP contribution in [0.4, 0.5) is 4.39 Å². The maximum atomic E-state index is 14.9. The molecule has 1 aliphatic carbocycles. The van der Waals surface area contributed by atoms with Crippen LogP contribution in [0, 0.1) is 11.8 Å². The molecule has 2 aliphatic rings. The molecule has 1 saturated heterocycles. The van der Waals surface area contributed by atoms with E-state index in [9.17, 15) is 19.4 Å². The number of rotatable bonds is 10. The normalized spacial score (nSPS) is 32.6. The highest BCUT2D eigenvalue weighted by molar-refractivity contribution is 5.69. The first-order valence-corrected chi connectivity index (χ1v) is 10.1. The van der Waals surface area contributed by atoms with Crippen LogP contribution in [0.5, 0.6) is 0 Å². The minimum atomic E-state index is -1.27. The number of fused-ring (bicyclic) bond motifs is 1. The van der Waals surface area contributed by atoms with Crippen LogP contribution in [0.15, 0.2) is 24.0 Å². The van der Waals surface area contributed by atoms with Gasteiger partial charge in [-0.1, -0.05) is 38.3 Å². The van der Waals surface area contributed by atoms with E-state index >= 15 is 0 Å². The first-order chi connectivity index (χ1) is 13.0. The summed E-state index contributed by atoms with van der Waals surface area (Å²) in [6.45, 7) is 2.11. The van der Waals surface area contributed by atoms with E-state index in [1.807, 2.05) is 0 Å². The largest absolute Gasteiger partial charge is 0.491 e. The number of carbonyl (C=O) groups excluding carboxylic acids is 1. The van der Waals surface area contributed by atoms with Crippen LogP contribution >= 0.6 is 0 Å². The maximum absolute atomic E-state index is 14.9. The van der Waals surface area contributed by atoms with Crippen molar-refractivity contribution in [1.82, 2.24) is 0 Å². The fraction of sp³-hybridized carbons (Fsp3) is 0.762. The summed E-state index contributed by atoms with van der Waals surface area (Å²) in [5.74, 6) is -0.748. The van der Waals surface area contributed by atoms with Gasteiger partial charge in [-0.05, 0) is 25.3 Å². The molecule has 1 aliphatic heterocycles. The van der Waals surface area contributed by atoms with Crippen LogP contribution in [-0.2, 0) is 14.3 Å². The van der Waals surface area contributed by atoms with Crippen molar-refractivity contribution in [3.05, 3.63) is 24.0 Å². The molecule has 2 fully saturated rings. The smallest absolute Gasteiger partial charge is 0.305 e. The predicted octanol–water partition coefficient (Wildman–Crippen LogP) is 3.44. The number of aliphatic hydroxyl groups excluding tert-OH is 2. The summed E-state index contributed by atoms with van der Waals surface area (Å²) in [4.78, 5) is 11.1. The van der Waals surface area contributed by atoms with Crippen LogP contribution in [0.3, 0.4) is 0 Å². The Kier molecular flexibility index (Phi) is 8.77. The second kappa shape index (κ2) is 10.8. The van der Waals surface area contributed by atoms with Crippen LogP contribution in [-0.4, -0.2) is 47.8 Å². The van der Waals surface area contributed by atoms with Gasteiger partial charge in [-0.25, -0.2) is 4.39 Å². The molecule has 0 amide bonds. The second-order valence-corrected chi connectivity index (χ2v) is 7.54. The fourth-order valence-corrected chi connectivity index (χ4v) is 3.96. The Balaban J connectivity index is 1.89. The molecule has 2 N–H and O–H groups in total. The summed E-state index contributed by atoms with van der Waals surface area (Å²) >= 11 is 0. The zero-order valence-corrected chi connectivity index (χ0v) is 16.4. The van der Waals surface area contributed by atoms with Crippen molar-refractivity contribution >= 4 is 5.97 Å². The first-order valence-electron chi connectivity index (χ1n) is 10.1. The van der Waals surface area contributed by atoms with Crippen LogP contribution in [0.1, 0.15) is 58.3 Å². The van der Waals surface area contributed by atoms with Gasteiger partial charge in [-0.3, -0.25) is 4.79 Å². The Labute approximate surface area is 161 Å². The summed E-state index contributed by atoms with van der Waals surface area (Å²) in [6, 6.07) is 0. The molecule has 27 heavy (non-hydrogen) atoms. The first kappa shape index (κ1) is 21.9. The van der Waals surface area contributed by atoms with E-state index in [2.05, 4.69) is 11.7 Å². The minimum Gasteiger partial charge on any atom is -0.491 e. The lowest BCUT2D eigenvalue weighted by Gasteiger charge is -2.18. The van der Waals surface area contributed by atoms with Crippen LogP contribution in [0.2, 0.25) is 0 Å². The molecule has 0 radical (unpaired) electrons. The minimum absolute atomic E-state index is 0.278. The number of unbranched alkanes of at least 4 members (excludes halogenated alkanes) is 3. The van der Waals surface area contributed by atoms with Crippen molar-refractivity contribution in [1.29, 1.82) is 0 Å². The van der Waals surface area contributed by atoms with Crippen LogP contribution < -0.4 is 0 Å². The molecular weight excluding hydrogens is 351 g/mol. The molecule has 6 atom stereocenters. The number of hydrogen-bond donors (Lipinski definition) is 2. The Hall–Kier alpha value is -1.40. The number of allylic oxidation sites excluding steroid dienone is 2. The molecule has 0 aromatic rings. The maximum Gasteiger partial charge on any atom is 0.305 e. The molecule has 1 heterocycles. The Morgan fingerprint density at radius 2 is 2.19 bits per heavy atom. The summed E-state index contributed by atoms with van der Waals surface area (Å²) in [5, 5.41) is 20.3. The van der Waals surface area contributed by atoms with Gasteiger partial charge in [-0.2, -0.15) is 0 Å². The van der Waals surface area contributed by atoms with Gasteiger partial charge in [-0.15, -0.1) is 0 Å². The fourth-order valence-electron chi connectivity index (χ4n) is 3.96. The van der Waals surface area contributed by atoms with Gasteiger partial charge in [0.15, 0.2) is 6.17 Å². The molecule has 0 spiro atoms. The molecule has 0 unspecified atom stereocenters. The molecule has 0 aromatic heterocycles. The number of carbonyl (C=O) groups is 1. The van der Waals surface area contributed by atoms with Crippen molar-refractivity contribution < 1.29 is 28.9 Å². The van der Waals surface area contributed by atoms with Gasteiger partial charge < -0.3 is 19.7 Å². The van der Waals surface area contributed by atoms with Crippen LogP contribution in [0.25, 0.3) is 0 Å². The average molecular weight is 384 g/mol. The van der Waals surface area contributed by atoms with Crippen molar-refractivity contribution in [3.8, 4) is 0 Å².